The van der Waals surface area contributed by atoms with E-state index in [4.69, 9.17) is 4.74 Å². The summed E-state index contributed by atoms with van der Waals surface area (Å²) < 4.78 is 6.89. The number of likely N-dealkylation sites (N-methyl/N-ethyl adjacent to an activating group) is 1. The van der Waals surface area contributed by atoms with Gasteiger partial charge in [0.15, 0.2) is 0 Å². The van der Waals surface area contributed by atoms with E-state index in [0.29, 0.717) is 0 Å². The van der Waals surface area contributed by atoms with E-state index in [1.54, 1.807) is 0 Å². The second-order valence-electron chi connectivity index (χ2n) is 4.78. The molecule has 0 bridgehead atoms. The van der Waals surface area contributed by atoms with E-state index in [-0.39, 0.29) is 6.10 Å². The topological polar surface area (TPSA) is 24.5 Å². The standard InChI is InChI=1S/C14H21BrN2O/c1-3-17-4-5-18-14(10-17)9-16-13-7-11(2)6-12(15)8-13/h6-8,14,16H,3-5,9-10H2,1-2H3. The zero-order chi connectivity index (χ0) is 13.0. The molecule has 0 aliphatic carbocycles. The lowest BCUT2D eigenvalue weighted by atomic mass is 10.2. The number of benzene rings is 1. The predicted molar refractivity (Wildman–Crippen MR) is 79.2 cm³/mol. The average Bonchev–Trinajstić information content (AvgIpc) is 2.35. The molecular weight excluding hydrogens is 292 g/mol. The number of ether oxygens (including phenoxy) is 1. The van der Waals surface area contributed by atoms with Crippen LogP contribution in [-0.4, -0.2) is 43.8 Å². The van der Waals surface area contributed by atoms with Crippen molar-refractivity contribution in [2.45, 2.75) is 20.0 Å². The Labute approximate surface area is 118 Å². The first-order chi connectivity index (χ1) is 8.67. The lowest BCUT2D eigenvalue weighted by Gasteiger charge is -2.32. The van der Waals surface area contributed by atoms with Gasteiger partial charge in [-0.25, -0.2) is 0 Å². The van der Waals surface area contributed by atoms with Gasteiger partial charge in [0.25, 0.3) is 0 Å². The Morgan fingerprint density at radius 3 is 3.00 bits per heavy atom. The van der Waals surface area contributed by atoms with Gasteiger partial charge >= 0.3 is 0 Å². The number of hydrogen-bond acceptors (Lipinski definition) is 3. The Balaban J connectivity index is 1.87. The molecule has 100 valence electrons. The number of rotatable bonds is 4. The molecule has 4 heteroatoms. The smallest absolute Gasteiger partial charge is 0.0874 e. The molecule has 1 aromatic carbocycles. The van der Waals surface area contributed by atoms with Crippen LogP contribution in [0.4, 0.5) is 5.69 Å². The number of nitrogens with one attached hydrogen (secondary N) is 1. The van der Waals surface area contributed by atoms with Crippen LogP contribution in [0.5, 0.6) is 0 Å². The van der Waals surface area contributed by atoms with Gasteiger partial charge in [0.2, 0.25) is 0 Å². The fourth-order valence-electron chi connectivity index (χ4n) is 2.26. The zero-order valence-corrected chi connectivity index (χ0v) is 12.7. The number of nitrogens with zero attached hydrogens (tertiary/aromatic N) is 1. The molecule has 1 aliphatic heterocycles. The Morgan fingerprint density at radius 2 is 2.28 bits per heavy atom. The molecular formula is C14H21BrN2O. The highest BCUT2D eigenvalue weighted by Crippen LogP contribution is 2.19. The molecule has 2 rings (SSSR count). The van der Waals surface area contributed by atoms with Crippen LogP contribution >= 0.6 is 15.9 Å². The van der Waals surface area contributed by atoms with Crippen LogP contribution < -0.4 is 5.32 Å². The maximum atomic E-state index is 5.78. The van der Waals surface area contributed by atoms with Gasteiger partial charge in [-0.3, -0.25) is 4.90 Å². The maximum absolute atomic E-state index is 5.78. The predicted octanol–water partition coefficient (Wildman–Crippen LogP) is 2.89. The second kappa shape index (κ2) is 6.55. The molecule has 0 spiro atoms. The molecule has 1 N–H and O–H groups in total. The Morgan fingerprint density at radius 1 is 1.44 bits per heavy atom. The van der Waals surface area contributed by atoms with Crippen molar-refractivity contribution in [3.63, 3.8) is 0 Å². The molecule has 18 heavy (non-hydrogen) atoms. The van der Waals surface area contributed by atoms with E-state index in [2.05, 4.69) is 58.2 Å². The van der Waals surface area contributed by atoms with Gasteiger partial charge in [-0.2, -0.15) is 0 Å². The van der Waals surface area contributed by atoms with Crippen LogP contribution in [0.15, 0.2) is 22.7 Å². The van der Waals surface area contributed by atoms with Crippen molar-refractivity contribution in [2.24, 2.45) is 0 Å². The van der Waals surface area contributed by atoms with E-state index in [1.165, 1.54) is 5.56 Å². The summed E-state index contributed by atoms with van der Waals surface area (Å²) in [4.78, 5) is 2.43. The van der Waals surface area contributed by atoms with Gasteiger partial charge < -0.3 is 10.1 Å². The van der Waals surface area contributed by atoms with Crippen LogP contribution in [0.1, 0.15) is 12.5 Å². The van der Waals surface area contributed by atoms with Crippen LogP contribution in [0.25, 0.3) is 0 Å². The summed E-state index contributed by atoms with van der Waals surface area (Å²) in [5.74, 6) is 0. The summed E-state index contributed by atoms with van der Waals surface area (Å²) in [5, 5.41) is 3.46. The lowest BCUT2D eigenvalue weighted by molar-refractivity contribution is -0.0191. The van der Waals surface area contributed by atoms with Gasteiger partial charge in [0.05, 0.1) is 12.7 Å². The SMILES string of the molecule is CCN1CCOC(CNc2cc(C)cc(Br)c2)C1. The van der Waals surface area contributed by atoms with Crippen molar-refractivity contribution < 1.29 is 4.74 Å². The fourth-order valence-corrected chi connectivity index (χ4v) is 2.87. The van der Waals surface area contributed by atoms with E-state index in [1.807, 2.05) is 0 Å². The van der Waals surface area contributed by atoms with Gasteiger partial charge in [-0.15, -0.1) is 0 Å². The van der Waals surface area contributed by atoms with Crippen molar-refractivity contribution in [3.05, 3.63) is 28.2 Å². The number of anilines is 1. The number of aryl methyl sites for hydroxylation is 1. The fraction of sp³-hybridized carbons (Fsp3) is 0.571. The van der Waals surface area contributed by atoms with Crippen molar-refractivity contribution in [3.8, 4) is 0 Å². The maximum Gasteiger partial charge on any atom is 0.0874 e. The first-order valence-electron chi connectivity index (χ1n) is 6.52. The quantitative estimate of drug-likeness (QED) is 0.925. The Hall–Kier alpha value is -0.580. The van der Waals surface area contributed by atoms with Crippen LogP contribution in [0.3, 0.4) is 0 Å². The third-order valence-electron chi connectivity index (χ3n) is 3.25. The first-order valence-corrected chi connectivity index (χ1v) is 7.31. The van der Waals surface area contributed by atoms with Crippen LogP contribution in [-0.2, 0) is 4.74 Å². The number of morpholine rings is 1. The highest BCUT2D eigenvalue weighted by Gasteiger charge is 2.18. The van der Waals surface area contributed by atoms with Crippen molar-refractivity contribution in [2.75, 3.05) is 38.1 Å². The summed E-state index contributed by atoms with van der Waals surface area (Å²) in [5.41, 5.74) is 2.41. The minimum absolute atomic E-state index is 0.290. The Kier molecular flexibility index (Phi) is 5.03. The minimum atomic E-state index is 0.290. The molecule has 1 saturated heterocycles. The highest BCUT2D eigenvalue weighted by molar-refractivity contribution is 9.10. The lowest BCUT2D eigenvalue weighted by Crippen LogP contribution is -2.45. The molecule has 3 nitrogen and oxygen atoms in total. The molecule has 1 heterocycles. The Bertz CT molecular complexity index is 377. The largest absolute Gasteiger partial charge is 0.382 e. The van der Waals surface area contributed by atoms with Crippen molar-refractivity contribution in [1.29, 1.82) is 0 Å². The highest BCUT2D eigenvalue weighted by atomic mass is 79.9. The zero-order valence-electron chi connectivity index (χ0n) is 11.1. The molecule has 0 saturated carbocycles. The molecule has 0 amide bonds. The average molecular weight is 313 g/mol. The number of halogens is 1. The van der Waals surface area contributed by atoms with Gasteiger partial charge in [-0.1, -0.05) is 22.9 Å². The molecule has 1 atom stereocenters. The molecule has 0 radical (unpaired) electrons. The summed E-state index contributed by atoms with van der Waals surface area (Å²) >= 11 is 3.52. The van der Waals surface area contributed by atoms with E-state index >= 15 is 0 Å². The van der Waals surface area contributed by atoms with E-state index in [0.717, 1.165) is 42.9 Å². The molecule has 1 aromatic rings. The molecule has 1 aliphatic rings. The third-order valence-corrected chi connectivity index (χ3v) is 3.70. The number of hydrogen-bond donors (Lipinski definition) is 1. The van der Waals surface area contributed by atoms with Crippen LogP contribution in [0, 0.1) is 6.92 Å². The normalized spacial score (nSPS) is 20.9. The van der Waals surface area contributed by atoms with Crippen molar-refractivity contribution in [1.82, 2.24) is 4.90 Å². The second-order valence-corrected chi connectivity index (χ2v) is 5.70. The summed E-state index contributed by atoms with van der Waals surface area (Å²) in [6.45, 7) is 9.21. The summed E-state index contributed by atoms with van der Waals surface area (Å²) in [6.07, 6.45) is 0.290. The van der Waals surface area contributed by atoms with E-state index < -0.39 is 0 Å². The molecule has 1 unspecified atom stereocenters. The molecule has 1 fully saturated rings. The van der Waals surface area contributed by atoms with E-state index in [9.17, 15) is 0 Å². The van der Waals surface area contributed by atoms with Gasteiger partial charge in [-0.05, 0) is 37.2 Å². The third kappa shape index (κ3) is 3.97. The van der Waals surface area contributed by atoms with Gasteiger partial charge in [0, 0.05) is 29.8 Å². The van der Waals surface area contributed by atoms with Gasteiger partial charge in [0.1, 0.15) is 0 Å². The molecule has 0 aromatic heterocycles. The summed E-state index contributed by atoms with van der Waals surface area (Å²) in [7, 11) is 0. The minimum Gasteiger partial charge on any atom is -0.382 e. The van der Waals surface area contributed by atoms with Crippen molar-refractivity contribution >= 4 is 21.6 Å². The first kappa shape index (κ1) is 13.8. The van der Waals surface area contributed by atoms with Crippen LogP contribution in [0.2, 0.25) is 0 Å². The summed E-state index contributed by atoms with van der Waals surface area (Å²) in [6, 6.07) is 6.37. The monoisotopic (exact) mass is 312 g/mol.